The quantitative estimate of drug-likeness (QED) is 0.831. The summed E-state index contributed by atoms with van der Waals surface area (Å²) in [5.41, 5.74) is 1.19. The lowest BCUT2D eigenvalue weighted by Gasteiger charge is -2.27. The van der Waals surface area contributed by atoms with Crippen LogP contribution >= 0.6 is 22.9 Å². The summed E-state index contributed by atoms with van der Waals surface area (Å²) >= 11 is 7.96. The fourth-order valence-corrected chi connectivity index (χ4v) is 4.24. The van der Waals surface area contributed by atoms with Gasteiger partial charge in [-0.15, -0.1) is 11.3 Å². The van der Waals surface area contributed by atoms with Crippen LogP contribution < -0.4 is 5.32 Å². The molecule has 2 nitrogen and oxygen atoms in total. The van der Waals surface area contributed by atoms with Crippen molar-refractivity contribution < 1.29 is 4.74 Å². The highest BCUT2D eigenvalue weighted by molar-refractivity contribution is 7.16. The molecule has 3 unspecified atom stereocenters. The van der Waals surface area contributed by atoms with Crippen LogP contribution in [-0.2, 0) is 4.74 Å². The molecule has 4 heteroatoms. The average Bonchev–Trinajstić information content (AvgIpc) is 2.98. The van der Waals surface area contributed by atoms with Gasteiger partial charge < -0.3 is 10.1 Å². The van der Waals surface area contributed by atoms with Gasteiger partial charge in [-0.2, -0.15) is 0 Å². The minimum atomic E-state index is 0.385. The molecule has 1 aromatic rings. The molecule has 0 aromatic carbocycles. The zero-order valence-corrected chi connectivity index (χ0v) is 13.6. The van der Waals surface area contributed by atoms with E-state index in [0.717, 1.165) is 36.8 Å². The minimum Gasteiger partial charge on any atom is -0.378 e. The van der Waals surface area contributed by atoms with Crippen LogP contribution in [0.3, 0.4) is 0 Å². The van der Waals surface area contributed by atoms with Gasteiger partial charge in [-0.25, -0.2) is 0 Å². The van der Waals surface area contributed by atoms with Crippen LogP contribution in [-0.4, -0.2) is 19.3 Å². The summed E-state index contributed by atoms with van der Waals surface area (Å²) in [6.45, 7) is 8.45. The van der Waals surface area contributed by atoms with Crippen molar-refractivity contribution in [3.63, 3.8) is 0 Å². The molecule has 0 amide bonds. The first-order chi connectivity index (χ1) is 9.17. The third-order valence-electron chi connectivity index (χ3n) is 3.89. The Morgan fingerprint density at radius 2 is 2.32 bits per heavy atom. The van der Waals surface area contributed by atoms with Gasteiger partial charge in [0.2, 0.25) is 0 Å². The van der Waals surface area contributed by atoms with Crippen molar-refractivity contribution in [3.8, 4) is 0 Å². The molecule has 0 radical (unpaired) electrons. The maximum atomic E-state index is 6.24. The number of ether oxygens (including phenoxy) is 1. The second-order valence-electron chi connectivity index (χ2n) is 5.31. The molecule has 2 rings (SSSR count). The molecule has 0 aliphatic carbocycles. The first-order valence-corrected chi connectivity index (χ1v) is 8.47. The third-order valence-corrected chi connectivity index (χ3v) is 5.53. The molecule has 1 aromatic heterocycles. The number of hydrogen-bond donors (Lipinski definition) is 1. The van der Waals surface area contributed by atoms with E-state index in [1.165, 1.54) is 10.4 Å². The van der Waals surface area contributed by atoms with Crippen LogP contribution in [0.15, 0.2) is 6.07 Å². The second kappa shape index (κ2) is 7.07. The molecule has 1 aliphatic rings. The van der Waals surface area contributed by atoms with Crippen molar-refractivity contribution in [3.05, 3.63) is 20.8 Å². The molecule has 108 valence electrons. The van der Waals surface area contributed by atoms with E-state index in [4.69, 9.17) is 16.3 Å². The molecule has 1 N–H and O–H groups in total. The Labute approximate surface area is 125 Å². The fraction of sp³-hybridized carbons (Fsp3) is 0.733. The van der Waals surface area contributed by atoms with Gasteiger partial charge in [0.1, 0.15) is 0 Å². The van der Waals surface area contributed by atoms with E-state index >= 15 is 0 Å². The molecular formula is C15H24ClNOS. The predicted octanol–water partition coefficient (Wildman–Crippen LogP) is 4.57. The lowest BCUT2D eigenvalue weighted by atomic mass is 9.90. The van der Waals surface area contributed by atoms with Crippen molar-refractivity contribution >= 4 is 22.9 Å². The molecular weight excluding hydrogens is 278 g/mol. The summed E-state index contributed by atoms with van der Waals surface area (Å²) in [7, 11) is 0. The smallest absolute Gasteiger partial charge is 0.0960 e. The van der Waals surface area contributed by atoms with Gasteiger partial charge >= 0.3 is 0 Å². The van der Waals surface area contributed by atoms with Crippen molar-refractivity contribution in [2.24, 2.45) is 5.92 Å². The van der Waals surface area contributed by atoms with Crippen LogP contribution in [0.4, 0.5) is 0 Å². The van der Waals surface area contributed by atoms with Crippen molar-refractivity contribution in [2.45, 2.75) is 52.2 Å². The van der Waals surface area contributed by atoms with Gasteiger partial charge in [0.25, 0.3) is 0 Å². The lowest BCUT2D eigenvalue weighted by molar-refractivity contribution is 0.0777. The minimum absolute atomic E-state index is 0.385. The maximum Gasteiger partial charge on any atom is 0.0960 e. The Kier molecular flexibility index (Phi) is 5.70. The fourth-order valence-electron chi connectivity index (χ4n) is 2.87. The molecule has 1 saturated heterocycles. The van der Waals surface area contributed by atoms with E-state index in [2.05, 4.69) is 32.2 Å². The predicted molar refractivity (Wildman–Crippen MR) is 83.2 cm³/mol. The molecule has 19 heavy (non-hydrogen) atoms. The van der Waals surface area contributed by atoms with E-state index in [1.807, 2.05) is 0 Å². The zero-order valence-electron chi connectivity index (χ0n) is 12.0. The molecule has 1 aliphatic heterocycles. The second-order valence-corrected chi connectivity index (χ2v) is 6.99. The SMILES string of the molecule is CCCNC(c1cc(C)c(Cl)s1)C1CCOC1CC. The van der Waals surface area contributed by atoms with Gasteiger partial charge in [0, 0.05) is 23.4 Å². The first kappa shape index (κ1) is 15.3. The van der Waals surface area contributed by atoms with Crippen LogP contribution in [0.5, 0.6) is 0 Å². The highest BCUT2D eigenvalue weighted by Crippen LogP contribution is 2.39. The summed E-state index contributed by atoms with van der Waals surface area (Å²) in [5, 5.41) is 3.70. The summed E-state index contributed by atoms with van der Waals surface area (Å²) in [6.07, 6.45) is 3.77. The summed E-state index contributed by atoms with van der Waals surface area (Å²) in [4.78, 5) is 1.37. The summed E-state index contributed by atoms with van der Waals surface area (Å²) in [6, 6.07) is 2.63. The Morgan fingerprint density at radius 3 is 2.89 bits per heavy atom. The van der Waals surface area contributed by atoms with Crippen molar-refractivity contribution in [2.75, 3.05) is 13.2 Å². The standard InChI is InChI=1S/C15H24ClNOS/c1-4-7-17-14(11-6-8-18-12(11)5-2)13-9-10(3)15(16)19-13/h9,11-12,14,17H,4-8H2,1-3H3. The largest absolute Gasteiger partial charge is 0.378 e. The van der Waals surface area contributed by atoms with Gasteiger partial charge in [0.15, 0.2) is 0 Å². The normalized spacial score (nSPS) is 24.8. The molecule has 0 saturated carbocycles. The maximum absolute atomic E-state index is 6.24. The summed E-state index contributed by atoms with van der Waals surface area (Å²) < 4.78 is 6.79. The Balaban J connectivity index is 2.19. The van der Waals surface area contributed by atoms with Crippen molar-refractivity contribution in [1.82, 2.24) is 5.32 Å². The number of nitrogens with one attached hydrogen (secondary N) is 1. The number of hydrogen-bond acceptors (Lipinski definition) is 3. The number of rotatable bonds is 6. The highest BCUT2D eigenvalue weighted by atomic mass is 35.5. The van der Waals surface area contributed by atoms with Crippen LogP contribution in [0, 0.1) is 12.8 Å². The van der Waals surface area contributed by atoms with E-state index in [1.54, 1.807) is 11.3 Å². The molecule has 3 atom stereocenters. The monoisotopic (exact) mass is 301 g/mol. The Hall–Kier alpha value is -0.0900. The Bertz CT molecular complexity index is 387. The van der Waals surface area contributed by atoms with E-state index in [9.17, 15) is 0 Å². The third kappa shape index (κ3) is 3.52. The van der Waals surface area contributed by atoms with Gasteiger partial charge in [0.05, 0.1) is 10.4 Å². The van der Waals surface area contributed by atoms with Crippen LogP contribution in [0.25, 0.3) is 0 Å². The number of halogens is 1. The zero-order chi connectivity index (χ0) is 13.8. The van der Waals surface area contributed by atoms with E-state index in [-0.39, 0.29) is 0 Å². The summed E-state index contributed by atoms with van der Waals surface area (Å²) in [5.74, 6) is 0.575. The lowest BCUT2D eigenvalue weighted by Crippen LogP contribution is -2.32. The molecule has 0 bridgehead atoms. The first-order valence-electron chi connectivity index (χ1n) is 7.28. The number of thiophene rings is 1. The van der Waals surface area contributed by atoms with Crippen LogP contribution in [0.2, 0.25) is 4.34 Å². The Morgan fingerprint density at radius 1 is 1.53 bits per heavy atom. The molecule has 2 heterocycles. The van der Waals surface area contributed by atoms with Crippen molar-refractivity contribution in [1.29, 1.82) is 0 Å². The molecule has 0 spiro atoms. The van der Waals surface area contributed by atoms with E-state index in [0.29, 0.717) is 18.1 Å². The van der Waals surface area contributed by atoms with Gasteiger partial charge in [-0.3, -0.25) is 0 Å². The number of aryl methyl sites for hydroxylation is 1. The topological polar surface area (TPSA) is 21.3 Å². The van der Waals surface area contributed by atoms with Crippen LogP contribution in [0.1, 0.15) is 49.6 Å². The molecule has 1 fully saturated rings. The van der Waals surface area contributed by atoms with E-state index < -0.39 is 0 Å². The average molecular weight is 302 g/mol. The van der Waals surface area contributed by atoms with Gasteiger partial charge in [-0.05, 0) is 44.4 Å². The van der Waals surface area contributed by atoms with Gasteiger partial charge in [-0.1, -0.05) is 25.4 Å². The highest BCUT2D eigenvalue weighted by Gasteiger charge is 2.35.